The lowest BCUT2D eigenvalue weighted by Crippen LogP contribution is -2.41. The molecule has 202 valence electrons. The van der Waals surface area contributed by atoms with E-state index in [4.69, 9.17) is 21.6 Å². The molecule has 4 N–H and O–H groups in total. The zero-order valence-corrected chi connectivity index (χ0v) is 22.4. The maximum Gasteiger partial charge on any atom is 0.229 e. The number of aromatic nitrogens is 4. The molecule has 0 bridgehead atoms. The van der Waals surface area contributed by atoms with Crippen LogP contribution in [0, 0.1) is 23.2 Å². The topological polar surface area (TPSA) is 125 Å². The monoisotopic (exact) mass is 554 g/mol. The van der Waals surface area contributed by atoms with Crippen LogP contribution < -0.4 is 10.6 Å². The first-order chi connectivity index (χ1) is 19.4. The Bertz CT molecular complexity index is 1700. The second-order valence-corrected chi connectivity index (χ2v) is 11.3. The van der Waals surface area contributed by atoms with Crippen molar-refractivity contribution in [3.05, 3.63) is 82.9 Å². The molecule has 0 saturated heterocycles. The largest absolute Gasteiger partial charge is 0.389 e. The Hall–Kier alpha value is -3.97. The van der Waals surface area contributed by atoms with Crippen molar-refractivity contribution < 1.29 is 15.0 Å². The molecule has 2 aromatic carbocycles. The molecule has 40 heavy (non-hydrogen) atoms. The van der Waals surface area contributed by atoms with E-state index in [9.17, 15) is 15.0 Å². The molecule has 0 spiro atoms. The van der Waals surface area contributed by atoms with Crippen LogP contribution >= 0.6 is 11.6 Å². The third-order valence-corrected chi connectivity index (χ3v) is 8.78. The van der Waals surface area contributed by atoms with Gasteiger partial charge in [0.05, 0.1) is 23.9 Å². The fourth-order valence-corrected chi connectivity index (χ4v) is 6.56. The third kappa shape index (κ3) is 3.94. The van der Waals surface area contributed by atoms with E-state index in [0.29, 0.717) is 34.3 Å². The zero-order chi connectivity index (χ0) is 27.6. The second-order valence-electron chi connectivity index (χ2n) is 10.8. The predicted octanol–water partition coefficient (Wildman–Crippen LogP) is 2.88. The number of hydrogen-bond acceptors (Lipinski definition) is 7. The number of benzene rings is 2. The van der Waals surface area contributed by atoms with Gasteiger partial charge in [-0.3, -0.25) is 4.79 Å². The molecule has 2 aromatic heterocycles. The summed E-state index contributed by atoms with van der Waals surface area (Å²) in [7, 11) is 1.54. The summed E-state index contributed by atoms with van der Waals surface area (Å²) in [6, 6.07) is 17.2. The van der Waals surface area contributed by atoms with E-state index in [0.717, 1.165) is 12.0 Å². The summed E-state index contributed by atoms with van der Waals surface area (Å²) in [6.45, 7) is 0. The summed E-state index contributed by atoms with van der Waals surface area (Å²) in [5.74, 6) is 6.84. The minimum Gasteiger partial charge on any atom is -0.389 e. The van der Waals surface area contributed by atoms with Gasteiger partial charge in [-0.05, 0) is 42.5 Å². The highest BCUT2D eigenvalue weighted by molar-refractivity contribution is 6.30. The molecule has 3 fully saturated rings. The number of amides is 1. The van der Waals surface area contributed by atoms with Crippen LogP contribution in [0.5, 0.6) is 0 Å². The highest BCUT2D eigenvalue weighted by atomic mass is 35.5. The summed E-state index contributed by atoms with van der Waals surface area (Å²) < 4.78 is 1.77. The van der Waals surface area contributed by atoms with Gasteiger partial charge < -0.3 is 25.4 Å². The molecule has 9 nitrogen and oxygen atoms in total. The van der Waals surface area contributed by atoms with Crippen LogP contribution in [0.1, 0.15) is 41.8 Å². The molecule has 3 saturated carbocycles. The zero-order valence-electron chi connectivity index (χ0n) is 21.6. The summed E-state index contributed by atoms with van der Waals surface area (Å²) in [5, 5.41) is 28.7. The van der Waals surface area contributed by atoms with E-state index >= 15 is 0 Å². The Kier molecular flexibility index (Phi) is 5.82. The van der Waals surface area contributed by atoms with Crippen molar-refractivity contribution in [2.45, 2.75) is 43.1 Å². The number of fused-ring (bicyclic) bond motifs is 2. The number of aliphatic hydroxyl groups excluding tert-OH is 2. The first kappa shape index (κ1) is 25.0. The van der Waals surface area contributed by atoms with Gasteiger partial charge in [-0.2, -0.15) is 0 Å². The van der Waals surface area contributed by atoms with Gasteiger partial charge in [0, 0.05) is 35.5 Å². The maximum absolute atomic E-state index is 12.7. The van der Waals surface area contributed by atoms with Crippen LogP contribution in [-0.2, 0) is 4.79 Å². The number of imidazole rings is 1. The highest BCUT2D eigenvalue weighted by Gasteiger charge is 2.75. The molecular formula is C30H27ClN6O3. The highest BCUT2D eigenvalue weighted by Crippen LogP contribution is 2.67. The number of aliphatic hydroxyl groups is 2. The minimum absolute atomic E-state index is 0.183. The SMILES string of the molecule is CNC(=O)C12CC1[C@@H](n1cnc3c(N[C@@H]4CC4c4ccccc4)nc(C#Cc4cccc(Cl)c4)nc31)[C@H](O)[C@@H]2O. The number of halogens is 1. The molecule has 2 heterocycles. The van der Waals surface area contributed by atoms with E-state index in [1.165, 1.54) is 5.56 Å². The van der Waals surface area contributed by atoms with Crippen molar-refractivity contribution in [2.75, 3.05) is 12.4 Å². The molecule has 10 heteroatoms. The molecular weight excluding hydrogens is 528 g/mol. The van der Waals surface area contributed by atoms with Crippen molar-refractivity contribution in [1.29, 1.82) is 0 Å². The third-order valence-electron chi connectivity index (χ3n) is 8.55. The van der Waals surface area contributed by atoms with Gasteiger partial charge in [0.15, 0.2) is 17.0 Å². The van der Waals surface area contributed by atoms with E-state index in [1.54, 1.807) is 30.1 Å². The molecule has 7 atom stereocenters. The molecule has 4 aromatic rings. The van der Waals surface area contributed by atoms with E-state index < -0.39 is 23.7 Å². The Balaban J connectivity index is 1.28. The fraction of sp³-hybridized carbons (Fsp3) is 0.333. The van der Waals surface area contributed by atoms with Crippen molar-refractivity contribution in [1.82, 2.24) is 24.8 Å². The number of hydrogen-bond donors (Lipinski definition) is 4. The minimum atomic E-state index is -1.18. The number of carbonyl (C=O) groups excluding carboxylic acids is 1. The Morgan fingerprint density at radius 3 is 2.73 bits per heavy atom. The average Bonchev–Trinajstić information content (AvgIpc) is 3.85. The molecule has 3 unspecified atom stereocenters. The van der Waals surface area contributed by atoms with E-state index in [2.05, 4.69) is 39.6 Å². The van der Waals surface area contributed by atoms with Crippen LogP contribution in [0.3, 0.4) is 0 Å². The number of carbonyl (C=O) groups is 1. The van der Waals surface area contributed by atoms with Crippen LogP contribution in [0.2, 0.25) is 5.02 Å². The van der Waals surface area contributed by atoms with Gasteiger partial charge >= 0.3 is 0 Å². The lowest BCUT2D eigenvalue weighted by atomic mass is 9.98. The van der Waals surface area contributed by atoms with Gasteiger partial charge in [0.25, 0.3) is 0 Å². The van der Waals surface area contributed by atoms with Crippen molar-refractivity contribution in [3.63, 3.8) is 0 Å². The van der Waals surface area contributed by atoms with E-state index in [1.807, 2.05) is 30.3 Å². The summed E-state index contributed by atoms with van der Waals surface area (Å²) >= 11 is 6.13. The lowest BCUT2D eigenvalue weighted by molar-refractivity contribution is -0.132. The van der Waals surface area contributed by atoms with Gasteiger partial charge in [0.2, 0.25) is 11.7 Å². The van der Waals surface area contributed by atoms with Crippen LogP contribution in [-0.4, -0.2) is 60.9 Å². The first-order valence-electron chi connectivity index (χ1n) is 13.3. The van der Waals surface area contributed by atoms with Gasteiger partial charge in [-0.1, -0.05) is 53.9 Å². The number of rotatable bonds is 5. The predicted molar refractivity (Wildman–Crippen MR) is 150 cm³/mol. The second kappa shape index (κ2) is 9.30. The van der Waals surface area contributed by atoms with Crippen LogP contribution in [0.4, 0.5) is 5.82 Å². The standard InChI is InChI=1S/C30H27ClN6O3/c1-32-29(40)30-14-20(30)24(25(38)26(30)39)37-15-33-23-27(34-21-13-19(21)17-7-3-2-4-8-17)35-22(36-28(23)37)11-10-16-6-5-9-18(31)12-16/h2-9,12,15,19-21,24-26,38-39H,13-14H2,1H3,(H,32,40)(H,34,35,36)/t19?,20?,21-,24-,25+,26+,30?/m1/s1. The molecule has 0 radical (unpaired) electrons. The van der Waals surface area contributed by atoms with Gasteiger partial charge in [-0.15, -0.1) is 0 Å². The summed E-state index contributed by atoms with van der Waals surface area (Å²) in [6.07, 6.45) is 0.725. The molecule has 3 aliphatic carbocycles. The van der Waals surface area contributed by atoms with Crippen LogP contribution in [0.15, 0.2) is 60.9 Å². The average molecular weight is 555 g/mol. The van der Waals surface area contributed by atoms with E-state index in [-0.39, 0.29) is 23.7 Å². The fourth-order valence-electron chi connectivity index (χ4n) is 6.37. The smallest absolute Gasteiger partial charge is 0.229 e. The quantitative estimate of drug-likeness (QED) is 0.280. The van der Waals surface area contributed by atoms with Gasteiger partial charge in [0.1, 0.15) is 6.10 Å². The van der Waals surface area contributed by atoms with Crippen molar-refractivity contribution >= 4 is 34.5 Å². The van der Waals surface area contributed by atoms with Gasteiger partial charge in [-0.25, -0.2) is 15.0 Å². The summed E-state index contributed by atoms with van der Waals surface area (Å²) in [4.78, 5) is 26.8. The first-order valence-corrected chi connectivity index (χ1v) is 13.7. The Labute approximate surface area is 235 Å². The Morgan fingerprint density at radius 2 is 1.95 bits per heavy atom. The number of nitrogens with one attached hydrogen (secondary N) is 2. The molecule has 0 aliphatic heterocycles. The number of anilines is 1. The van der Waals surface area contributed by atoms with Crippen molar-refractivity contribution in [3.8, 4) is 11.8 Å². The normalized spacial score (nSPS) is 29.8. The molecule has 7 rings (SSSR count). The maximum atomic E-state index is 12.7. The Morgan fingerprint density at radius 1 is 1.12 bits per heavy atom. The molecule has 3 aliphatic rings. The summed E-state index contributed by atoms with van der Waals surface area (Å²) in [5.41, 5.74) is 2.02. The van der Waals surface area contributed by atoms with Crippen molar-refractivity contribution in [2.24, 2.45) is 11.3 Å². The number of nitrogens with zero attached hydrogens (tertiary/aromatic N) is 4. The molecule has 1 amide bonds. The lowest BCUT2D eigenvalue weighted by Gasteiger charge is -2.23. The van der Waals surface area contributed by atoms with Crippen LogP contribution in [0.25, 0.3) is 11.2 Å².